The van der Waals surface area contributed by atoms with Crippen LogP contribution in [0, 0.1) is 5.82 Å². The zero-order chi connectivity index (χ0) is 19.2. The fourth-order valence-corrected chi connectivity index (χ4v) is 3.31. The second-order valence-corrected chi connectivity index (χ2v) is 6.11. The fourth-order valence-electron chi connectivity index (χ4n) is 3.13. The van der Waals surface area contributed by atoms with Gasteiger partial charge in [0.1, 0.15) is 12.4 Å². The molecular formula is C18H11ClF4N4. The van der Waals surface area contributed by atoms with Gasteiger partial charge in [-0.25, -0.2) is 4.39 Å². The van der Waals surface area contributed by atoms with Crippen LogP contribution in [0.4, 0.5) is 17.6 Å². The molecule has 0 N–H and O–H groups in total. The number of hydrogen-bond acceptors (Lipinski definition) is 3. The van der Waals surface area contributed by atoms with Crippen molar-refractivity contribution < 1.29 is 17.6 Å². The lowest BCUT2D eigenvalue weighted by molar-refractivity contribution is -0.137. The van der Waals surface area contributed by atoms with Gasteiger partial charge in [-0.1, -0.05) is 18.2 Å². The maximum Gasteiger partial charge on any atom is 0.417 e. The summed E-state index contributed by atoms with van der Waals surface area (Å²) in [4.78, 5) is 4.27. The van der Waals surface area contributed by atoms with Crippen molar-refractivity contribution in [3.05, 3.63) is 76.6 Å². The van der Waals surface area contributed by atoms with Gasteiger partial charge in [-0.15, -0.1) is 21.8 Å². The van der Waals surface area contributed by atoms with Crippen molar-refractivity contribution in [2.24, 2.45) is 4.99 Å². The maximum atomic E-state index is 14.4. The minimum absolute atomic E-state index is 0.0124. The van der Waals surface area contributed by atoms with E-state index in [-0.39, 0.29) is 40.8 Å². The molecule has 1 aliphatic rings. The Labute approximate surface area is 156 Å². The molecule has 4 rings (SSSR count). The summed E-state index contributed by atoms with van der Waals surface area (Å²) in [7, 11) is 0. The summed E-state index contributed by atoms with van der Waals surface area (Å²) in [6.45, 7) is -0.0560. The van der Waals surface area contributed by atoms with E-state index < -0.39 is 17.6 Å². The van der Waals surface area contributed by atoms with Crippen LogP contribution in [0.1, 0.15) is 28.3 Å². The SMILES string of the molecule is Fc1ccccc1C1=NCc2nnc(CCl)n2-c2cccc(C(F)(F)F)c21. The second-order valence-electron chi connectivity index (χ2n) is 5.84. The topological polar surface area (TPSA) is 43.1 Å². The number of aromatic nitrogens is 3. The Bertz CT molecular complexity index is 1060. The minimum Gasteiger partial charge on any atom is -0.280 e. The van der Waals surface area contributed by atoms with E-state index in [1.165, 1.54) is 34.9 Å². The van der Waals surface area contributed by atoms with Crippen molar-refractivity contribution >= 4 is 17.3 Å². The molecule has 3 aromatic rings. The molecule has 1 aromatic heterocycles. The van der Waals surface area contributed by atoms with Gasteiger partial charge < -0.3 is 0 Å². The molecule has 2 heterocycles. The Hall–Kier alpha value is -2.74. The highest BCUT2D eigenvalue weighted by atomic mass is 35.5. The third-order valence-electron chi connectivity index (χ3n) is 4.25. The van der Waals surface area contributed by atoms with E-state index >= 15 is 0 Å². The van der Waals surface area contributed by atoms with Gasteiger partial charge in [0.05, 0.1) is 22.8 Å². The average Bonchev–Trinajstić information content (AvgIpc) is 2.98. The second kappa shape index (κ2) is 6.45. The normalized spacial score (nSPS) is 13.6. The Kier molecular flexibility index (Phi) is 4.22. The van der Waals surface area contributed by atoms with Gasteiger partial charge in [0.15, 0.2) is 11.6 Å². The number of benzene rings is 2. The van der Waals surface area contributed by atoms with Crippen molar-refractivity contribution in [3.63, 3.8) is 0 Å². The summed E-state index contributed by atoms with van der Waals surface area (Å²) in [6.07, 6.45) is -4.66. The molecule has 4 nitrogen and oxygen atoms in total. The Morgan fingerprint density at radius 1 is 1.04 bits per heavy atom. The number of halogens is 5. The average molecular weight is 395 g/mol. The first-order valence-electron chi connectivity index (χ1n) is 7.91. The molecule has 0 atom stereocenters. The van der Waals surface area contributed by atoms with Gasteiger partial charge in [0, 0.05) is 11.1 Å². The van der Waals surface area contributed by atoms with Gasteiger partial charge in [-0.3, -0.25) is 9.56 Å². The number of alkyl halides is 4. The Balaban J connectivity index is 2.09. The van der Waals surface area contributed by atoms with Crippen LogP contribution >= 0.6 is 11.6 Å². The Morgan fingerprint density at radius 3 is 2.52 bits per heavy atom. The predicted octanol–water partition coefficient (Wildman–Crippen LogP) is 4.52. The van der Waals surface area contributed by atoms with Crippen molar-refractivity contribution in [1.82, 2.24) is 14.8 Å². The molecular weight excluding hydrogens is 384 g/mol. The van der Waals surface area contributed by atoms with Crippen LogP contribution in [-0.2, 0) is 18.6 Å². The lowest BCUT2D eigenvalue weighted by Crippen LogP contribution is -2.18. The molecule has 0 amide bonds. The molecule has 0 bridgehead atoms. The summed E-state index contributed by atoms with van der Waals surface area (Å²) >= 11 is 5.89. The van der Waals surface area contributed by atoms with Crippen LogP contribution in [0.2, 0.25) is 0 Å². The molecule has 0 spiro atoms. The monoisotopic (exact) mass is 394 g/mol. The van der Waals surface area contributed by atoms with Crippen LogP contribution in [0.15, 0.2) is 47.5 Å². The molecule has 0 radical (unpaired) electrons. The largest absolute Gasteiger partial charge is 0.417 e. The quantitative estimate of drug-likeness (QED) is 0.474. The highest BCUT2D eigenvalue weighted by molar-refractivity contribution is 6.17. The molecule has 0 unspecified atom stereocenters. The van der Waals surface area contributed by atoms with E-state index in [1.54, 1.807) is 6.07 Å². The van der Waals surface area contributed by atoms with Crippen LogP contribution in [-0.4, -0.2) is 20.5 Å². The van der Waals surface area contributed by atoms with Crippen LogP contribution in [0.25, 0.3) is 5.69 Å². The summed E-state index contributed by atoms with van der Waals surface area (Å²) < 4.78 is 57.2. The van der Waals surface area contributed by atoms with Crippen molar-refractivity contribution in [1.29, 1.82) is 0 Å². The highest BCUT2D eigenvalue weighted by Gasteiger charge is 2.38. The maximum absolute atomic E-state index is 14.4. The van der Waals surface area contributed by atoms with Gasteiger partial charge in [-0.2, -0.15) is 13.2 Å². The fraction of sp³-hybridized carbons (Fsp3) is 0.167. The van der Waals surface area contributed by atoms with Crippen LogP contribution < -0.4 is 0 Å². The minimum atomic E-state index is -4.66. The van der Waals surface area contributed by atoms with E-state index in [4.69, 9.17) is 11.6 Å². The van der Waals surface area contributed by atoms with E-state index in [2.05, 4.69) is 15.2 Å². The first-order chi connectivity index (χ1) is 12.9. The van der Waals surface area contributed by atoms with Gasteiger partial charge >= 0.3 is 6.18 Å². The number of rotatable bonds is 2. The summed E-state index contributed by atoms with van der Waals surface area (Å²) in [6, 6.07) is 9.33. The predicted molar refractivity (Wildman–Crippen MR) is 91.7 cm³/mol. The van der Waals surface area contributed by atoms with Crippen molar-refractivity contribution in [3.8, 4) is 5.69 Å². The van der Waals surface area contributed by atoms with Crippen molar-refractivity contribution in [2.75, 3.05) is 0 Å². The Morgan fingerprint density at radius 2 is 1.81 bits per heavy atom. The molecule has 0 fully saturated rings. The van der Waals surface area contributed by atoms with E-state index in [0.717, 1.165) is 6.07 Å². The first kappa shape index (κ1) is 17.7. The molecule has 0 saturated heterocycles. The summed E-state index contributed by atoms with van der Waals surface area (Å²) in [5.74, 6) is -0.0817. The third-order valence-corrected chi connectivity index (χ3v) is 4.49. The molecule has 138 valence electrons. The third kappa shape index (κ3) is 2.90. The lowest BCUT2D eigenvalue weighted by atomic mass is 9.94. The molecule has 27 heavy (non-hydrogen) atoms. The van der Waals surface area contributed by atoms with Gasteiger partial charge in [0.2, 0.25) is 0 Å². The smallest absolute Gasteiger partial charge is 0.280 e. The highest BCUT2D eigenvalue weighted by Crippen LogP contribution is 2.38. The van der Waals surface area contributed by atoms with Crippen molar-refractivity contribution in [2.45, 2.75) is 18.6 Å². The number of aliphatic imine (C=N–C) groups is 1. The van der Waals surface area contributed by atoms with Crippen LogP contribution in [0.3, 0.4) is 0 Å². The van der Waals surface area contributed by atoms with E-state index in [1.807, 2.05) is 0 Å². The standard InChI is InChI=1S/C18H11ClF4N4/c19-8-14-25-26-15-9-24-17(10-4-1-2-6-12(10)20)16-11(18(21,22)23)5-3-7-13(16)27(14)15/h1-7H,8-9H2. The molecule has 2 aromatic carbocycles. The number of fused-ring (bicyclic) bond motifs is 3. The molecule has 9 heteroatoms. The summed E-state index contributed by atoms with van der Waals surface area (Å²) in [5.41, 5.74) is -1.06. The number of hydrogen-bond donors (Lipinski definition) is 0. The van der Waals surface area contributed by atoms with E-state index in [9.17, 15) is 17.6 Å². The summed E-state index contributed by atoms with van der Waals surface area (Å²) in [5, 5.41) is 7.90. The first-order valence-corrected chi connectivity index (χ1v) is 8.44. The lowest BCUT2D eigenvalue weighted by Gasteiger charge is -2.19. The number of nitrogens with zero attached hydrogens (tertiary/aromatic N) is 4. The zero-order valence-corrected chi connectivity index (χ0v) is 14.4. The van der Waals surface area contributed by atoms with Crippen LogP contribution in [0.5, 0.6) is 0 Å². The van der Waals surface area contributed by atoms with Gasteiger partial charge in [-0.05, 0) is 24.3 Å². The zero-order valence-electron chi connectivity index (χ0n) is 13.6. The molecule has 0 saturated carbocycles. The molecule has 1 aliphatic heterocycles. The van der Waals surface area contributed by atoms with E-state index in [0.29, 0.717) is 5.82 Å². The van der Waals surface area contributed by atoms with Gasteiger partial charge in [0.25, 0.3) is 0 Å². The molecule has 0 aliphatic carbocycles.